The third-order valence-corrected chi connectivity index (χ3v) is 6.91. The van der Waals surface area contributed by atoms with Crippen molar-refractivity contribution in [3.63, 3.8) is 0 Å². The van der Waals surface area contributed by atoms with Gasteiger partial charge in [-0.3, -0.25) is 4.79 Å². The van der Waals surface area contributed by atoms with Gasteiger partial charge in [-0.05, 0) is 91.7 Å². The highest BCUT2D eigenvalue weighted by molar-refractivity contribution is 5.96. The van der Waals surface area contributed by atoms with Crippen LogP contribution in [0.3, 0.4) is 0 Å². The number of aryl methyl sites for hydroxylation is 2. The van der Waals surface area contributed by atoms with E-state index in [1.54, 1.807) is 4.68 Å². The molecule has 1 aliphatic rings. The number of nitrogens with zero attached hydrogens (tertiary/aromatic N) is 2. The Bertz CT molecular complexity index is 1420. The van der Waals surface area contributed by atoms with E-state index >= 15 is 0 Å². The van der Waals surface area contributed by atoms with Crippen LogP contribution < -0.4 is 5.32 Å². The molecule has 37 heavy (non-hydrogen) atoms. The third kappa shape index (κ3) is 5.86. The number of carbonyl (C=O) groups excluding carboxylic acids is 1. The van der Waals surface area contributed by atoms with Gasteiger partial charge in [0.1, 0.15) is 17.3 Å². The van der Waals surface area contributed by atoms with E-state index in [-0.39, 0.29) is 17.8 Å². The molecule has 5 rings (SSSR count). The van der Waals surface area contributed by atoms with Crippen molar-refractivity contribution in [2.75, 3.05) is 6.54 Å². The molecule has 4 aromatic rings. The van der Waals surface area contributed by atoms with E-state index in [1.165, 1.54) is 17.7 Å². The highest BCUT2D eigenvalue weighted by Crippen LogP contribution is 2.31. The fourth-order valence-corrected chi connectivity index (χ4v) is 4.71. The smallest absolute Gasteiger partial charge is 0.185 e. The molecule has 0 radical (unpaired) electrons. The summed E-state index contributed by atoms with van der Waals surface area (Å²) in [4.78, 5) is 13.5. The van der Waals surface area contributed by atoms with Gasteiger partial charge in [-0.25, -0.2) is 13.5 Å². The quantitative estimate of drug-likeness (QED) is 0.252. The molecule has 3 aromatic carbocycles. The van der Waals surface area contributed by atoms with E-state index in [0.29, 0.717) is 11.6 Å². The molecule has 1 heterocycles. The van der Waals surface area contributed by atoms with Crippen molar-refractivity contribution in [1.29, 1.82) is 0 Å². The normalized spacial score (nSPS) is 14.1. The minimum atomic E-state index is -0.504. The van der Waals surface area contributed by atoms with E-state index in [4.69, 9.17) is 0 Å². The fourth-order valence-electron chi connectivity index (χ4n) is 4.71. The zero-order valence-corrected chi connectivity index (χ0v) is 21.2. The van der Waals surface area contributed by atoms with E-state index in [2.05, 4.69) is 23.4 Å². The highest BCUT2D eigenvalue weighted by Gasteiger charge is 2.25. The van der Waals surface area contributed by atoms with Crippen molar-refractivity contribution in [2.24, 2.45) is 5.92 Å². The summed E-state index contributed by atoms with van der Waals surface area (Å²) in [5.74, 6) is -0.417. The molecule has 0 bridgehead atoms. The van der Waals surface area contributed by atoms with Crippen LogP contribution in [0.1, 0.15) is 64.2 Å². The number of benzene rings is 3. The predicted molar refractivity (Wildman–Crippen MR) is 141 cm³/mol. The van der Waals surface area contributed by atoms with Gasteiger partial charge in [0.05, 0.1) is 17.4 Å². The van der Waals surface area contributed by atoms with Crippen molar-refractivity contribution >= 4 is 5.78 Å². The standard InChI is InChI=1S/C31H31F2N3O/c1-3-21-6-5-9-26(16-21)36-29(14-20(2)35-36)30(37)17-23-7-4-8-24(15-23)31(34-19-22-10-11-22)27-18-25(32)12-13-28(27)33/h4-9,12-16,18,22,31,34H,3,10-11,17,19H2,1-2H3. The first-order valence-corrected chi connectivity index (χ1v) is 12.9. The maximum atomic E-state index is 14.8. The number of rotatable bonds is 10. The zero-order chi connectivity index (χ0) is 25.9. The van der Waals surface area contributed by atoms with Crippen LogP contribution in [-0.4, -0.2) is 22.1 Å². The molecule has 0 spiro atoms. The van der Waals surface area contributed by atoms with Crippen LogP contribution in [0.2, 0.25) is 0 Å². The molecule has 0 aliphatic heterocycles. The Kier molecular flexibility index (Phi) is 7.28. The predicted octanol–water partition coefficient (Wildman–Crippen LogP) is 6.54. The highest BCUT2D eigenvalue weighted by atomic mass is 19.1. The molecule has 0 saturated heterocycles. The average Bonchev–Trinajstić information content (AvgIpc) is 3.65. The Morgan fingerprint density at radius 1 is 1.03 bits per heavy atom. The maximum absolute atomic E-state index is 14.8. The van der Waals surface area contributed by atoms with E-state index in [0.717, 1.165) is 54.4 Å². The van der Waals surface area contributed by atoms with Gasteiger partial charge < -0.3 is 5.32 Å². The number of aromatic nitrogens is 2. The monoisotopic (exact) mass is 499 g/mol. The van der Waals surface area contributed by atoms with E-state index in [1.807, 2.05) is 55.5 Å². The molecule has 6 heteroatoms. The second-order valence-electron chi connectivity index (χ2n) is 9.90. The van der Waals surface area contributed by atoms with Crippen LogP contribution >= 0.6 is 0 Å². The number of nitrogens with one attached hydrogen (secondary N) is 1. The summed E-state index contributed by atoms with van der Waals surface area (Å²) in [7, 11) is 0. The molecule has 190 valence electrons. The van der Waals surface area contributed by atoms with Crippen molar-refractivity contribution in [3.05, 3.63) is 118 Å². The van der Waals surface area contributed by atoms with Crippen molar-refractivity contribution in [3.8, 4) is 5.69 Å². The summed E-state index contributed by atoms with van der Waals surface area (Å²) in [6.07, 6.45) is 3.36. The fraction of sp³-hybridized carbons (Fsp3) is 0.290. The first kappa shape index (κ1) is 25.0. The van der Waals surface area contributed by atoms with Gasteiger partial charge in [0, 0.05) is 12.0 Å². The molecule has 4 nitrogen and oxygen atoms in total. The minimum absolute atomic E-state index is 0.0564. The molecule has 1 saturated carbocycles. The number of ketones is 1. The van der Waals surface area contributed by atoms with Gasteiger partial charge in [0.25, 0.3) is 0 Å². The zero-order valence-electron chi connectivity index (χ0n) is 21.2. The largest absolute Gasteiger partial charge is 0.306 e. The average molecular weight is 500 g/mol. The molecule has 1 atom stereocenters. The second kappa shape index (κ2) is 10.8. The summed E-state index contributed by atoms with van der Waals surface area (Å²) in [5, 5.41) is 8.01. The summed E-state index contributed by atoms with van der Waals surface area (Å²) < 4.78 is 30.5. The van der Waals surface area contributed by atoms with Crippen LogP contribution in [0.5, 0.6) is 0 Å². The van der Waals surface area contributed by atoms with Crippen LogP contribution in [-0.2, 0) is 12.8 Å². The Balaban J connectivity index is 1.43. The van der Waals surface area contributed by atoms with Gasteiger partial charge in [0.15, 0.2) is 5.78 Å². The minimum Gasteiger partial charge on any atom is -0.306 e. The topological polar surface area (TPSA) is 46.9 Å². The van der Waals surface area contributed by atoms with Crippen LogP contribution in [0.15, 0.2) is 72.8 Å². The Labute approximate surface area is 216 Å². The first-order valence-electron chi connectivity index (χ1n) is 12.9. The number of carbonyl (C=O) groups is 1. The molecule has 0 amide bonds. The van der Waals surface area contributed by atoms with Crippen molar-refractivity contribution in [1.82, 2.24) is 15.1 Å². The molecule has 1 aromatic heterocycles. The SMILES string of the molecule is CCc1cccc(-n2nc(C)cc2C(=O)Cc2cccc(C(NCC3CC3)c3cc(F)ccc3F)c2)c1. The lowest BCUT2D eigenvalue weighted by atomic mass is 9.95. The van der Waals surface area contributed by atoms with Gasteiger partial charge in [-0.2, -0.15) is 5.10 Å². The number of Topliss-reactive ketones (excluding diaryl/α,β-unsaturated/α-hetero) is 1. The lowest BCUT2D eigenvalue weighted by molar-refractivity contribution is 0.0985. The summed E-state index contributed by atoms with van der Waals surface area (Å²) >= 11 is 0. The summed E-state index contributed by atoms with van der Waals surface area (Å²) in [6, 6.07) is 20.5. The number of hydrogen-bond donors (Lipinski definition) is 1. The van der Waals surface area contributed by atoms with E-state index < -0.39 is 17.7 Å². The van der Waals surface area contributed by atoms with Crippen LogP contribution in [0.25, 0.3) is 5.69 Å². The van der Waals surface area contributed by atoms with Crippen LogP contribution in [0.4, 0.5) is 8.78 Å². The third-order valence-electron chi connectivity index (χ3n) is 6.91. The molecular weight excluding hydrogens is 468 g/mol. The molecule has 1 unspecified atom stereocenters. The molecule has 1 fully saturated rings. The van der Waals surface area contributed by atoms with Gasteiger partial charge in [-0.15, -0.1) is 0 Å². The number of halogens is 2. The summed E-state index contributed by atoms with van der Waals surface area (Å²) in [5.41, 5.74) is 5.21. The second-order valence-corrected chi connectivity index (χ2v) is 9.90. The molecule has 1 N–H and O–H groups in total. The first-order chi connectivity index (χ1) is 17.9. The summed E-state index contributed by atoms with van der Waals surface area (Å²) in [6.45, 7) is 4.70. The Morgan fingerprint density at radius 2 is 1.81 bits per heavy atom. The van der Waals surface area contributed by atoms with Crippen molar-refractivity contribution < 1.29 is 13.6 Å². The van der Waals surface area contributed by atoms with E-state index in [9.17, 15) is 13.6 Å². The van der Waals surface area contributed by atoms with Gasteiger partial charge >= 0.3 is 0 Å². The van der Waals surface area contributed by atoms with Crippen LogP contribution in [0, 0.1) is 24.5 Å². The number of hydrogen-bond acceptors (Lipinski definition) is 3. The lowest BCUT2D eigenvalue weighted by Crippen LogP contribution is -2.26. The molecule has 1 aliphatic carbocycles. The molecular formula is C31H31F2N3O. The maximum Gasteiger partial charge on any atom is 0.185 e. The van der Waals surface area contributed by atoms with Crippen molar-refractivity contribution in [2.45, 2.75) is 45.6 Å². The van der Waals surface area contributed by atoms with Gasteiger partial charge in [0.2, 0.25) is 0 Å². The Morgan fingerprint density at radius 3 is 2.59 bits per heavy atom. The lowest BCUT2D eigenvalue weighted by Gasteiger charge is -2.21. The Hall–Kier alpha value is -3.64. The van der Waals surface area contributed by atoms with Gasteiger partial charge in [-0.1, -0.05) is 43.3 Å².